The van der Waals surface area contributed by atoms with E-state index in [4.69, 9.17) is 11.6 Å². The first-order valence-electron chi connectivity index (χ1n) is 6.77. The Bertz CT molecular complexity index is 650. The quantitative estimate of drug-likeness (QED) is 0.854. The second-order valence-corrected chi connectivity index (χ2v) is 7.93. The van der Waals surface area contributed by atoms with Crippen LogP contribution in [0.3, 0.4) is 0 Å². The molecule has 1 aliphatic rings. The van der Waals surface area contributed by atoms with E-state index in [0.717, 1.165) is 0 Å². The van der Waals surface area contributed by atoms with E-state index < -0.39 is 15.9 Å². The first kappa shape index (κ1) is 16.0. The molecule has 114 valence electrons. The van der Waals surface area contributed by atoms with Crippen LogP contribution in [-0.4, -0.2) is 26.1 Å². The van der Waals surface area contributed by atoms with Gasteiger partial charge in [0.25, 0.3) is 0 Å². The van der Waals surface area contributed by atoms with Crippen molar-refractivity contribution in [1.29, 1.82) is 0 Å². The first-order valence-corrected chi connectivity index (χ1v) is 8.86. The topological polar surface area (TPSA) is 54.5 Å². The minimum Gasteiger partial charge on any atom is -0.304 e. The minimum atomic E-state index is -3.22. The summed E-state index contributed by atoms with van der Waals surface area (Å²) in [6.45, 7) is 3.92. The van der Waals surface area contributed by atoms with Crippen molar-refractivity contribution in [2.45, 2.75) is 26.3 Å². The number of amides is 1. The van der Waals surface area contributed by atoms with Crippen molar-refractivity contribution in [3.05, 3.63) is 40.8 Å². The van der Waals surface area contributed by atoms with Gasteiger partial charge in [-0.25, -0.2) is 8.42 Å². The molecule has 1 atom stereocenters. The van der Waals surface area contributed by atoms with Gasteiger partial charge in [0.05, 0.1) is 11.8 Å². The number of sulfone groups is 1. The zero-order valence-corrected chi connectivity index (χ0v) is 13.6. The predicted molar refractivity (Wildman–Crippen MR) is 85.1 cm³/mol. The molecule has 0 bridgehead atoms. The first-order chi connectivity index (χ1) is 9.78. The van der Waals surface area contributed by atoms with Gasteiger partial charge in [0.1, 0.15) is 0 Å². The van der Waals surface area contributed by atoms with Crippen LogP contribution in [0.4, 0.5) is 5.69 Å². The van der Waals surface area contributed by atoms with Gasteiger partial charge in [-0.05, 0) is 36.3 Å². The molecule has 2 rings (SSSR count). The van der Waals surface area contributed by atoms with Crippen LogP contribution in [0.2, 0.25) is 5.02 Å². The van der Waals surface area contributed by atoms with E-state index >= 15 is 0 Å². The van der Waals surface area contributed by atoms with Crippen molar-refractivity contribution < 1.29 is 13.2 Å². The highest BCUT2D eigenvalue weighted by Gasteiger charge is 2.31. The van der Waals surface area contributed by atoms with Crippen LogP contribution in [0.5, 0.6) is 0 Å². The smallest absolute Gasteiger partial charge is 0.227 e. The van der Waals surface area contributed by atoms with Gasteiger partial charge in [0.15, 0.2) is 9.84 Å². The van der Waals surface area contributed by atoms with Crippen molar-refractivity contribution in [2.75, 3.05) is 10.7 Å². The number of carbonyl (C=O) groups excluding carboxylic acids is 1. The summed E-state index contributed by atoms with van der Waals surface area (Å²) in [5.41, 5.74) is 0.664. The Morgan fingerprint density at radius 2 is 1.95 bits per heavy atom. The lowest BCUT2D eigenvalue weighted by molar-refractivity contribution is -0.119. The second-order valence-electron chi connectivity index (χ2n) is 5.56. The molecule has 1 aromatic rings. The lowest BCUT2D eigenvalue weighted by atomic mass is 10.1. The van der Waals surface area contributed by atoms with Crippen molar-refractivity contribution in [1.82, 2.24) is 0 Å². The van der Waals surface area contributed by atoms with Gasteiger partial charge in [-0.3, -0.25) is 4.79 Å². The van der Waals surface area contributed by atoms with Crippen molar-refractivity contribution in [2.24, 2.45) is 5.92 Å². The number of carbonyl (C=O) groups is 1. The number of nitrogens with zero attached hydrogens (tertiary/aromatic N) is 1. The van der Waals surface area contributed by atoms with E-state index in [9.17, 15) is 13.2 Å². The molecule has 0 aliphatic carbocycles. The number of benzene rings is 1. The van der Waals surface area contributed by atoms with E-state index in [0.29, 0.717) is 17.1 Å². The number of halogens is 1. The maximum absolute atomic E-state index is 12.5. The van der Waals surface area contributed by atoms with Gasteiger partial charge >= 0.3 is 0 Å². The Balaban J connectivity index is 2.33. The molecule has 4 nitrogen and oxygen atoms in total. The number of rotatable bonds is 4. The van der Waals surface area contributed by atoms with E-state index in [1.165, 1.54) is 5.41 Å². The van der Waals surface area contributed by atoms with E-state index in [-0.39, 0.29) is 17.6 Å². The van der Waals surface area contributed by atoms with E-state index in [2.05, 4.69) is 0 Å². The summed E-state index contributed by atoms with van der Waals surface area (Å²) < 4.78 is 23.3. The molecule has 0 fully saturated rings. The summed E-state index contributed by atoms with van der Waals surface area (Å²) in [7, 11) is -3.22. The highest BCUT2D eigenvalue weighted by atomic mass is 35.5. The fourth-order valence-electron chi connectivity index (χ4n) is 2.29. The Hall–Kier alpha value is -1.33. The van der Waals surface area contributed by atoms with Gasteiger partial charge in [-0.15, -0.1) is 0 Å². The van der Waals surface area contributed by atoms with Crippen LogP contribution in [0, 0.1) is 5.92 Å². The number of anilines is 1. The molecule has 1 heterocycles. The lowest BCUT2D eigenvalue weighted by Crippen LogP contribution is -2.41. The Kier molecular flexibility index (Phi) is 4.74. The highest BCUT2D eigenvalue weighted by molar-refractivity contribution is 7.94. The van der Waals surface area contributed by atoms with Crippen LogP contribution in [-0.2, 0) is 14.6 Å². The lowest BCUT2D eigenvalue weighted by Gasteiger charge is -2.28. The van der Waals surface area contributed by atoms with Gasteiger partial charge in [-0.1, -0.05) is 25.4 Å². The second kappa shape index (κ2) is 6.20. The summed E-state index contributed by atoms with van der Waals surface area (Å²) in [6, 6.07) is 6.40. The molecular formula is C15H18ClNO3S. The summed E-state index contributed by atoms with van der Waals surface area (Å²) in [4.78, 5) is 14.1. The largest absolute Gasteiger partial charge is 0.304 e. The number of hydrogen-bond donors (Lipinski definition) is 0. The Morgan fingerprint density at radius 1 is 1.33 bits per heavy atom. The molecular weight excluding hydrogens is 310 g/mol. The summed E-state index contributed by atoms with van der Waals surface area (Å²) in [5, 5.41) is 1.76. The molecule has 0 saturated heterocycles. The standard InChI is InChI=1S/C15H18ClNO3S/c1-11(2)9-15(18)17(13-5-3-12(16)4-6-13)14-7-8-21(19,20)10-14/h3-8,11,14H,9-10H2,1-2H3. The van der Waals surface area contributed by atoms with Crippen molar-refractivity contribution in [3.8, 4) is 0 Å². The molecule has 1 aromatic carbocycles. The maximum atomic E-state index is 12.5. The van der Waals surface area contributed by atoms with Gasteiger partial charge in [0, 0.05) is 22.5 Å². The van der Waals surface area contributed by atoms with Crippen LogP contribution in [0.25, 0.3) is 0 Å². The summed E-state index contributed by atoms with van der Waals surface area (Å²) in [6.07, 6.45) is 1.94. The van der Waals surface area contributed by atoms with Crippen LogP contribution < -0.4 is 4.90 Å². The van der Waals surface area contributed by atoms with Crippen LogP contribution >= 0.6 is 11.6 Å². The maximum Gasteiger partial charge on any atom is 0.227 e. The van der Waals surface area contributed by atoms with Crippen molar-refractivity contribution in [3.63, 3.8) is 0 Å². The Labute approximate surface area is 130 Å². The van der Waals surface area contributed by atoms with Gasteiger partial charge < -0.3 is 4.90 Å². The summed E-state index contributed by atoms with van der Waals surface area (Å²) >= 11 is 5.87. The van der Waals surface area contributed by atoms with E-state index in [1.807, 2.05) is 13.8 Å². The SMILES string of the molecule is CC(C)CC(=O)N(c1ccc(Cl)cc1)C1C=CS(=O)(=O)C1. The van der Waals surface area contributed by atoms with Gasteiger partial charge in [-0.2, -0.15) is 0 Å². The van der Waals surface area contributed by atoms with Crippen LogP contribution in [0.1, 0.15) is 20.3 Å². The summed E-state index contributed by atoms with van der Waals surface area (Å²) in [5.74, 6) is 0.0489. The molecule has 6 heteroatoms. The third kappa shape index (κ3) is 4.08. The Morgan fingerprint density at radius 3 is 2.43 bits per heavy atom. The normalized spacial score (nSPS) is 19.9. The fourth-order valence-corrected chi connectivity index (χ4v) is 3.68. The average molecular weight is 328 g/mol. The predicted octanol–water partition coefficient (Wildman–Crippen LogP) is 3.03. The zero-order chi connectivity index (χ0) is 15.6. The average Bonchev–Trinajstić information content (AvgIpc) is 2.71. The third-order valence-corrected chi connectivity index (χ3v) is 4.83. The van der Waals surface area contributed by atoms with E-state index in [1.54, 1.807) is 35.2 Å². The van der Waals surface area contributed by atoms with Gasteiger partial charge in [0.2, 0.25) is 5.91 Å². The monoisotopic (exact) mass is 327 g/mol. The molecule has 21 heavy (non-hydrogen) atoms. The zero-order valence-electron chi connectivity index (χ0n) is 12.0. The molecule has 1 aliphatic heterocycles. The van der Waals surface area contributed by atoms with Crippen LogP contribution in [0.15, 0.2) is 35.7 Å². The fraction of sp³-hybridized carbons (Fsp3) is 0.400. The highest BCUT2D eigenvalue weighted by Crippen LogP contribution is 2.25. The van der Waals surface area contributed by atoms with Crippen molar-refractivity contribution >= 4 is 33.0 Å². The number of hydrogen-bond acceptors (Lipinski definition) is 3. The molecule has 1 unspecified atom stereocenters. The molecule has 0 aromatic heterocycles. The third-order valence-electron chi connectivity index (χ3n) is 3.20. The molecule has 0 saturated carbocycles. The minimum absolute atomic E-state index is 0.0700. The molecule has 1 amide bonds. The molecule has 0 radical (unpaired) electrons. The molecule has 0 N–H and O–H groups in total. The molecule has 0 spiro atoms.